The first-order valence-corrected chi connectivity index (χ1v) is 7.40. The van der Waals surface area contributed by atoms with Crippen molar-refractivity contribution in [3.05, 3.63) is 65.7 Å². The van der Waals surface area contributed by atoms with Crippen LogP contribution < -0.4 is 10.2 Å². The van der Waals surface area contributed by atoms with E-state index in [1.54, 1.807) is 7.05 Å². The van der Waals surface area contributed by atoms with E-state index in [4.69, 9.17) is 14.5 Å². The Balaban J connectivity index is 1.83. The number of carbonyl (C=O) groups excluding carboxylic acids is 1. The molecule has 0 aromatic heterocycles. The van der Waals surface area contributed by atoms with Gasteiger partial charge < -0.3 is 14.9 Å². The van der Waals surface area contributed by atoms with Crippen LogP contribution >= 0.6 is 0 Å². The highest BCUT2D eigenvalue weighted by Gasteiger charge is 2.17. The van der Waals surface area contributed by atoms with Gasteiger partial charge in [0.1, 0.15) is 12.6 Å². The van der Waals surface area contributed by atoms with Gasteiger partial charge in [0.15, 0.2) is 5.75 Å². The molecule has 0 radical (unpaired) electrons. The van der Waals surface area contributed by atoms with E-state index in [0.29, 0.717) is 18.8 Å². The van der Waals surface area contributed by atoms with E-state index < -0.39 is 0 Å². The highest BCUT2D eigenvalue weighted by atomic mass is 17.2. The van der Waals surface area contributed by atoms with Crippen LogP contribution in [0.5, 0.6) is 5.75 Å². The first-order chi connectivity index (χ1) is 11.2. The third-order valence-corrected chi connectivity index (χ3v) is 3.42. The molecule has 0 aliphatic carbocycles. The molecule has 1 atom stereocenters. The van der Waals surface area contributed by atoms with Crippen LogP contribution in [0.3, 0.4) is 0 Å². The Bertz CT molecular complexity index is 598. The predicted molar refractivity (Wildman–Crippen MR) is 86.9 cm³/mol. The summed E-state index contributed by atoms with van der Waals surface area (Å²) in [6, 6.07) is 16.8. The number of benzene rings is 2. The monoisotopic (exact) mass is 315 g/mol. The Hall–Kier alpha value is -2.37. The van der Waals surface area contributed by atoms with E-state index in [-0.39, 0.29) is 12.0 Å². The van der Waals surface area contributed by atoms with E-state index >= 15 is 0 Å². The second-order valence-electron chi connectivity index (χ2n) is 5.04. The number of ether oxygens (including phenoxy) is 1. The van der Waals surface area contributed by atoms with Crippen molar-refractivity contribution in [2.45, 2.75) is 19.1 Å². The van der Waals surface area contributed by atoms with E-state index in [1.807, 2.05) is 54.6 Å². The van der Waals surface area contributed by atoms with Crippen LogP contribution in [0.2, 0.25) is 0 Å². The zero-order valence-electron chi connectivity index (χ0n) is 13.3. The zero-order chi connectivity index (χ0) is 16.5. The van der Waals surface area contributed by atoms with Crippen LogP contribution in [-0.4, -0.2) is 26.2 Å². The van der Waals surface area contributed by atoms with Crippen LogP contribution in [0, 0.1) is 0 Å². The molecule has 2 aromatic rings. The predicted octanol–water partition coefficient (Wildman–Crippen LogP) is 2.50. The fraction of sp³-hybridized carbons (Fsp3) is 0.278. The molecular weight excluding hydrogens is 294 g/mol. The minimum Gasteiger partial charge on any atom is -0.468 e. The summed E-state index contributed by atoms with van der Waals surface area (Å²) in [7, 11) is 3.12. The third kappa shape index (κ3) is 5.39. The van der Waals surface area contributed by atoms with Gasteiger partial charge >= 0.3 is 5.97 Å². The van der Waals surface area contributed by atoms with Crippen molar-refractivity contribution in [3.8, 4) is 5.75 Å². The minimum absolute atomic E-state index is 0.279. The first-order valence-electron chi connectivity index (χ1n) is 7.40. The van der Waals surface area contributed by atoms with Gasteiger partial charge in [-0.05, 0) is 36.7 Å². The largest absolute Gasteiger partial charge is 0.468 e. The van der Waals surface area contributed by atoms with Crippen LogP contribution in [0.1, 0.15) is 11.1 Å². The number of carbonyl (C=O) groups is 1. The Morgan fingerprint density at radius 3 is 2.35 bits per heavy atom. The molecular formula is C18H21NO4. The quantitative estimate of drug-likeness (QED) is 0.461. The number of rotatable bonds is 8. The highest BCUT2D eigenvalue weighted by molar-refractivity contribution is 5.76. The lowest BCUT2D eigenvalue weighted by molar-refractivity contribution is -0.217. The van der Waals surface area contributed by atoms with Crippen molar-refractivity contribution >= 4 is 5.97 Å². The molecule has 0 spiro atoms. The third-order valence-electron chi connectivity index (χ3n) is 3.42. The average Bonchev–Trinajstić information content (AvgIpc) is 2.61. The second kappa shape index (κ2) is 8.92. The minimum atomic E-state index is -0.360. The van der Waals surface area contributed by atoms with Crippen LogP contribution in [-0.2, 0) is 27.4 Å². The van der Waals surface area contributed by atoms with Crippen molar-refractivity contribution in [1.82, 2.24) is 5.32 Å². The lowest BCUT2D eigenvalue weighted by Gasteiger charge is -2.13. The fourth-order valence-electron chi connectivity index (χ4n) is 2.10. The smallest absolute Gasteiger partial charge is 0.323 e. The molecule has 5 heteroatoms. The van der Waals surface area contributed by atoms with E-state index in [0.717, 1.165) is 11.1 Å². The standard InChI is InChI=1S/C18H21NO4/c1-19-17(18(20)21-2)12-14-8-10-16(11-9-14)23-22-13-15-6-4-3-5-7-15/h3-11,17,19H,12-13H2,1-2H3. The lowest BCUT2D eigenvalue weighted by Crippen LogP contribution is -2.36. The molecule has 0 aliphatic heterocycles. The maximum Gasteiger partial charge on any atom is 0.323 e. The van der Waals surface area contributed by atoms with Crippen molar-refractivity contribution < 1.29 is 19.3 Å². The topological polar surface area (TPSA) is 56.8 Å². The number of methoxy groups -OCH3 is 1. The zero-order valence-corrected chi connectivity index (χ0v) is 13.3. The molecule has 0 amide bonds. The van der Waals surface area contributed by atoms with Gasteiger partial charge in [-0.15, -0.1) is 0 Å². The molecule has 0 saturated carbocycles. The summed E-state index contributed by atoms with van der Waals surface area (Å²) in [6.07, 6.45) is 0.550. The number of esters is 1. The summed E-state index contributed by atoms with van der Waals surface area (Å²) in [5, 5.41) is 2.94. The van der Waals surface area contributed by atoms with Gasteiger partial charge in [-0.3, -0.25) is 4.79 Å². The van der Waals surface area contributed by atoms with Gasteiger partial charge in [0.05, 0.1) is 7.11 Å². The van der Waals surface area contributed by atoms with Crippen LogP contribution in [0.25, 0.3) is 0 Å². The summed E-state index contributed by atoms with van der Waals surface area (Å²) in [4.78, 5) is 22.0. The number of hydrogen-bond donors (Lipinski definition) is 1. The molecule has 5 nitrogen and oxygen atoms in total. The highest BCUT2D eigenvalue weighted by Crippen LogP contribution is 2.15. The van der Waals surface area contributed by atoms with Gasteiger partial charge in [0, 0.05) is 0 Å². The summed E-state index contributed by atoms with van der Waals surface area (Å²) >= 11 is 0. The van der Waals surface area contributed by atoms with Gasteiger partial charge in [0.25, 0.3) is 0 Å². The maximum absolute atomic E-state index is 11.6. The summed E-state index contributed by atoms with van der Waals surface area (Å²) in [5.41, 5.74) is 2.05. The fourth-order valence-corrected chi connectivity index (χ4v) is 2.10. The maximum atomic E-state index is 11.6. The van der Waals surface area contributed by atoms with Gasteiger partial charge in [0.2, 0.25) is 0 Å². The van der Waals surface area contributed by atoms with Gasteiger partial charge in [-0.1, -0.05) is 42.5 Å². The second-order valence-corrected chi connectivity index (χ2v) is 5.04. The summed E-state index contributed by atoms with van der Waals surface area (Å²) in [6.45, 7) is 0.382. The molecule has 0 saturated heterocycles. The van der Waals surface area contributed by atoms with Gasteiger partial charge in [-0.2, -0.15) is 4.89 Å². The number of nitrogens with one attached hydrogen (secondary N) is 1. The Labute approximate surface area is 136 Å². The summed E-state index contributed by atoms with van der Waals surface area (Å²) < 4.78 is 4.75. The molecule has 2 aromatic carbocycles. The molecule has 0 aliphatic rings. The van der Waals surface area contributed by atoms with Crippen molar-refractivity contribution in [2.24, 2.45) is 0 Å². The van der Waals surface area contributed by atoms with Gasteiger partial charge in [-0.25, -0.2) is 0 Å². The van der Waals surface area contributed by atoms with Crippen molar-refractivity contribution in [3.63, 3.8) is 0 Å². The molecule has 1 unspecified atom stereocenters. The van der Waals surface area contributed by atoms with E-state index in [2.05, 4.69) is 5.32 Å². The SMILES string of the molecule is CNC(Cc1ccc(OOCc2ccccc2)cc1)C(=O)OC. The van der Waals surface area contributed by atoms with Crippen molar-refractivity contribution in [2.75, 3.05) is 14.2 Å². The lowest BCUT2D eigenvalue weighted by atomic mass is 10.1. The Morgan fingerprint density at radius 2 is 1.74 bits per heavy atom. The average molecular weight is 315 g/mol. The van der Waals surface area contributed by atoms with E-state index in [9.17, 15) is 4.79 Å². The molecule has 0 heterocycles. The van der Waals surface area contributed by atoms with E-state index in [1.165, 1.54) is 7.11 Å². The molecule has 0 fully saturated rings. The summed E-state index contributed by atoms with van der Waals surface area (Å²) in [5.74, 6) is 0.336. The molecule has 2 rings (SSSR count). The molecule has 0 bridgehead atoms. The Kier molecular flexibility index (Phi) is 6.59. The molecule has 23 heavy (non-hydrogen) atoms. The van der Waals surface area contributed by atoms with Crippen LogP contribution in [0.15, 0.2) is 54.6 Å². The normalized spacial score (nSPS) is 11.7. The van der Waals surface area contributed by atoms with Crippen LogP contribution in [0.4, 0.5) is 0 Å². The first kappa shape index (κ1) is 17.0. The molecule has 122 valence electrons. The molecule has 1 N–H and O–H groups in total. The van der Waals surface area contributed by atoms with Crippen molar-refractivity contribution in [1.29, 1.82) is 0 Å². The number of hydrogen-bond acceptors (Lipinski definition) is 5. The number of likely N-dealkylation sites (N-methyl/N-ethyl adjacent to an activating group) is 1. The Morgan fingerprint density at radius 1 is 1.04 bits per heavy atom.